The average molecular weight is 1850 g/mol. The van der Waals surface area contributed by atoms with E-state index in [9.17, 15) is 36.0 Å². The second-order valence-electron chi connectivity index (χ2n) is 30.5. The zero-order chi connectivity index (χ0) is 96.1. The Labute approximate surface area is 778 Å². The van der Waals surface area contributed by atoms with E-state index in [1.807, 2.05) is 97.1 Å². The number of unbranched alkanes of at least 4 members (excludes halogenated alkanes) is 1. The molecule has 0 saturated carbocycles. The lowest BCUT2D eigenvalue weighted by molar-refractivity contribution is 0.0943. The van der Waals surface area contributed by atoms with Gasteiger partial charge < -0.3 is 84.1 Å². The fourth-order valence-corrected chi connectivity index (χ4v) is 15.2. The second-order valence-corrected chi connectivity index (χ2v) is 34.6. The predicted molar refractivity (Wildman–Crippen MR) is 517 cm³/mol. The molecule has 12 aromatic rings. The first-order valence-electron chi connectivity index (χ1n) is 42.4. The second kappa shape index (κ2) is 49.7. The van der Waals surface area contributed by atoms with E-state index in [0.29, 0.717) is 146 Å². The van der Waals surface area contributed by atoms with Gasteiger partial charge in [0.15, 0.2) is 0 Å². The average Bonchev–Trinajstić information content (AvgIpc) is 0.806. The first kappa shape index (κ1) is 100. The minimum Gasteiger partial charge on any atom is -0.494 e. The van der Waals surface area contributed by atoms with Crippen molar-refractivity contribution in [3.8, 4) is 34.5 Å². The van der Waals surface area contributed by atoms with Crippen LogP contribution in [0.3, 0.4) is 0 Å². The van der Waals surface area contributed by atoms with Crippen molar-refractivity contribution in [3.05, 3.63) is 380 Å². The van der Waals surface area contributed by atoms with Crippen LogP contribution in [0.4, 0.5) is 0 Å². The van der Waals surface area contributed by atoms with Gasteiger partial charge in [-0.25, -0.2) is 16.8 Å². The minimum absolute atomic E-state index is 0.0681. The molecule has 12 rings (SSSR count). The number of sulfonamides is 2. The fourth-order valence-electron chi connectivity index (χ4n) is 12.8. The van der Waals surface area contributed by atoms with E-state index < -0.39 is 20.0 Å². The number of nitrogens with zero attached hydrogens (tertiary/aromatic N) is 2. The molecule has 0 spiro atoms. The molecule has 0 bridgehead atoms. The zero-order valence-corrected chi connectivity index (χ0v) is 75.6. The fraction of sp³-hybridized carbons (Fsp3) is 0.180. The Kier molecular flexibility index (Phi) is 37.1. The van der Waals surface area contributed by atoms with Gasteiger partial charge in [-0.2, -0.15) is 8.61 Å². The van der Waals surface area contributed by atoms with Crippen molar-refractivity contribution < 1.29 is 64.4 Å². The van der Waals surface area contributed by atoms with Gasteiger partial charge >= 0.3 is 0 Å². The lowest BCUT2D eigenvalue weighted by Crippen LogP contribution is -2.26. The van der Waals surface area contributed by atoms with Crippen LogP contribution in [0.25, 0.3) is 0 Å². The monoisotopic (exact) mass is 1850 g/mol. The van der Waals surface area contributed by atoms with Crippen molar-refractivity contribution in [1.29, 1.82) is 32.5 Å². The van der Waals surface area contributed by atoms with Crippen molar-refractivity contribution in [2.24, 2.45) is 34.4 Å². The van der Waals surface area contributed by atoms with Gasteiger partial charge in [-0.05, 0) is 192 Å². The molecule has 32 nitrogen and oxygen atoms in total. The van der Waals surface area contributed by atoms with Gasteiger partial charge in [0.05, 0.1) is 49.4 Å². The Morgan fingerprint density at radius 3 is 0.642 bits per heavy atom. The van der Waals surface area contributed by atoms with Gasteiger partial charge in [0.25, 0.3) is 23.6 Å². The molecule has 0 aromatic heterocycles. The number of carbonyl (C=O) groups excluding carboxylic acids is 4. The Morgan fingerprint density at radius 1 is 0.254 bits per heavy atom. The van der Waals surface area contributed by atoms with Crippen LogP contribution in [-0.4, -0.2) is 138 Å². The van der Waals surface area contributed by atoms with Crippen LogP contribution in [0.5, 0.6) is 34.5 Å². The van der Waals surface area contributed by atoms with Crippen LogP contribution in [0, 0.1) is 32.5 Å². The van der Waals surface area contributed by atoms with Gasteiger partial charge in [0.1, 0.15) is 69.5 Å². The van der Waals surface area contributed by atoms with E-state index in [0.717, 1.165) is 69.2 Å². The third-order valence-corrected chi connectivity index (χ3v) is 23.9. The summed E-state index contributed by atoms with van der Waals surface area (Å²) in [6.45, 7) is 4.66. The Bertz CT molecular complexity index is 5960. The number of rotatable bonds is 45. The normalized spacial score (nSPS) is 10.9. The number of nitrogens with two attached hydrogens (primary N) is 6. The largest absolute Gasteiger partial charge is 0.494 e. The third-order valence-electron chi connectivity index (χ3n) is 20.3. The van der Waals surface area contributed by atoms with Crippen LogP contribution in [0.2, 0.25) is 0 Å². The number of ether oxygens (including phenoxy) is 6. The predicted octanol–water partition coefficient (Wildman–Crippen LogP) is 12.1. The van der Waals surface area contributed by atoms with Gasteiger partial charge in [-0.15, -0.1) is 0 Å². The molecule has 694 valence electrons. The van der Waals surface area contributed by atoms with Gasteiger partial charge in [0.2, 0.25) is 20.0 Å². The highest BCUT2D eigenvalue weighted by Crippen LogP contribution is 2.25. The number of amides is 4. The van der Waals surface area contributed by atoms with Gasteiger partial charge in [-0.3, -0.25) is 51.6 Å². The van der Waals surface area contributed by atoms with Gasteiger partial charge in [-0.1, -0.05) is 146 Å². The molecule has 0 heterocycles. The number of hydrogen-bond acceptors (Lipinski definition) is 20. The molecule has 0 radical (unpaired) electrons. The molecule has 0 aliphatic rings. The highest BCUT2D eigenvalue weighted by atomic mass is 32.2. The van der Waals surface area contributed by atoms with E-state index in [2.05, 4.69) is 21.3 Å². The molecule has 0 aliphatic carbocycles. The molecule has 0 unspecified atom stereocenters. The summed E-state index contributed by atoms with van der Waals surface area (Å²) in [5.74, 6) is 2.58. The van der Waals surface area contributed by atoms with E-state index >= 15 is 0 Å². The highest BCUT2D eigenvalue weighted by Gasteiger charge is 2.24. The number of benzene rings is 12. The Balaban J connectivity index is 0.000000208. The number of nitrogen functional groups attached to an aromatic ring is 6. The summed E-state index contributed by atoms with van der Waals surface area (Å²) in [7, 11) is -4.56. The maximum absolute atomic E-state index is 13.0. The number of carbonyl (C=O) groups is 4. The van der Waals surface area contributed by atoms with E-state index in [1.54, 1.807) is 170 Å². The van der Waals surface area contributed by atoms with Crippen molar-refractivity contribution >= 4 is 78.7 Å². The lowest BCUT2D eigenvalue weighted by Gasteiger charge is -2.18. The quantitative estimate of drug-likeness (QED) is 0.00957. The number of amidine groups is 6. The highest BCUT2D eigenvalue weighted by molar-refractivity contribution is 7.89. The maximum atomic E-state index is 13.0. The van der Waals surface area contributed by atoms with Crippen LogP contribution in [-0.2, 0) is 59.3 Å². The van der Waals surface area contributed by atoms with E-state index in [4.69, 9.17) is 95.3 Å². The van der Waals surface area contributed by atoms with Crippen molar-refractivity contribution in [2.75, 3.05) is 53.7 Å². The molecule has 0 atom stereocenters. The minimum atomic E-state index is -3.77. The summed E-state index contributed by atoms with van der Waals surface area (Å²) in [5, 5.41) is 56.7. The standard InChI is InChI=1S/C34H36N6O4.C33H38N6O6S2.C33H34N6O4/c35-31(36)25-5-3-7-27(19-25)33(41)39-21-23-9-13-29(14-10-23)43-17-1-2-18-44-30-15-11-24(12-16-30)22-40-34(42)28-8-4-6-26(20-28)32(37)38;1-38(46(40,41)30-8-3-6-26(20-30)32(34)35)22-24-10-14-28(15-11-24)44-18-5-19-45-29-16-12-25(13-17-29)23-39(2)47(42,43)31-9-4-7-27(21-31)33(36)37;34-30(35)24-4-1-6-26(18-24)32(40)38-20-22-8-12-28(13-9-22)42-16-3-17-43-29-14-10-23(11-15-29)21-39-33(41)27-7-2-5-25(19-27)31(36)37/h3-16,19-20H,1-2,17-18,21-22H2,(H3,35,36)(H3,37,38)(H,39,41)(H,40,42);3-4,6-17,20-21H,5,18-19,22-23H2,1-2H3,(H3,34,35)(H3,36,37);1-2,4-15,18-19H,3,16-17,20-21H2,(H3,34,35)(H3,36,37)(H,38,40)(H,39,41). The van der Waals surface area contributed by atoms with Crippen LogP contribution < -0.4 is 84.1 Å². The molecular formula is C100H108N18O14S2. The Hall–Kier alpha value is -16.0. The lowest BCUT2D eigenvalue weighted by atomic mass is 10.1. The molecule has 0 aliphatic heterocycles. The smallest absolute Gasteiger partial charge is 0.251 e. The van der Waals surface area contributed by atoms with Crippen molar-refractivity contribution in [2.45, 2.75) is 74.7 Å². The summed E-state index contributed by atoms with van der Waals surface area (Å²) in [5.41, 5.74) is 42.8. The summed E-state index contributed by atoms with van der Waals surface area (Å²) in [6.07, 6.45) is 2.95. The first-order chi connectivity index (χ1) is 64.3. The summed E-state index contributed by atoms with van der Waals surface area (Å²) >= 11 is 0. The summed E-state index contributed by atoms with van der Waals surface area (Å²) in [6, 6.07) is 83.2. The molecule has 12 aromatic carbocycles. The van der Waals surface area contributed by atoms with Crippen molar-refractivity contribution in [3.63, 3.8) is 0 Å². The molecule has 22 N–H and O–H groups in total. The molecular weight excluding hydrogens is 1740 g/mol. The van der Waals surface area contributed by atoms with Crippen LogP contribution in [0.15, 0.2) is 301 Å². The first-order valence-corrected chi connectivity index (χ1v) is 45.2. The van der Waals surface area contributed by atoms with E-state index in [-0.39, 0.29) is 81.5 Å². The molecule has 34 heteroatoms. The topological polar surface area (TPSA) is 546 Å². The Morgan fingerprint density at radius 2 is 0.433 bits per heavy atom. The third kappa shape index (κ3) is 31.4. The molecule has 134 heavy (non-hydrogen) atoms. The van der Waals surface area contributed by atoms with Gasteiger partial charge in [0, 0.05) is 122 Å². The molecule has 0 saturated heterocycles. The van der Waals surface area contributed by atoms with Crippen molar-refractivity contribution in [1.82, 2.24) is 29.9 Å². The molecule has 4 amide bonds. The number of hydrogen-bond donors (Lipinski definition) is 16. The number of nitrogens with one attached hydrogen (secondary N) is 10. The maximum Gasteiger partial charge on any atom is 0.251 e. The van der Waals surface area contributed by atoms with Crippen LogP contribution >= 0.6 is 0 Å². The van der Waals surface area contributed by atoms with E-state index in [1.165, 1.54) is 47.0 Å². The van der Waals surface area contributed by atoms with Crippen LogP contribution in [0.1, 0.15) is 134 Å². The zero-order valence-electron chi connectivity index (χ0n) is 73.9. The molecule has 0 fully saturated rings. The summed E-state index contributed by atoms with van der Waals surface area (Å²) in [4.78, 5) is 49.9. The summed E-state index contributed by atoms with van der Waals surface area (Å²) < 4.78 is 89.3. The SMILES string of the molecule is CN(Cc1ccc(OCCCOc2ccc(CN(C)S(=O)(=O)c3cccc(C(=N)N)c3)cc2)cc1)S(=O)(=O)c1cccc(C(=N)N)c1.N=C(N)c1cccc(C(=O)NCc2ccc(OCCCCOc3ccc(CNC(=O)c4cccc(C(=N)N)c4)cc3)cc2)c1.N=C(N)c1cccc(C(=O)NCc2ccc(OCCCOc3ccc(CNC(=O)c4cccc(C(=N)N)c4)cc3)cc2)c1.